The molecule has 0 heterocycles. The highest BCUT2D eigenvalue weighted by Gasteiger charge is 2.21. The molecule has 1 rings (SSSR count). The van der Waals surface area contributed by atoms with Crippen LogP contribution in [0, 0.1) is 5.92 Å². The zero-order chi connectivity index (χ0) is 12.0. The van der Waals surface area contributed by atoms with E-state index in [9.17, 15) is 4.79 Å². The summed E-state index contributed by atoms with van der Waals surface area (Å²) in [4.78, 5) is 14.6. The van der Waals surface area contributed by atoms with Gasteiger partial charge in [-0.05, 0) is 31.6 Å². The Morgan fingerprint density at radius 3 is 2.56 bits per heavy atom. The maximum absolute atomic E-state index is 10.4. The molecule has 0 bridgehead atoms. The van der Waals surface area contributed by atoms with Crippen LogP contribution in [0.2, 0.25) is 0 Å². The minimum absolute atomic E-state index is 0. The molecule has 5 nitrogen and oxygen atoms in total. The maximum Gasteiger partial charge on any atom is 0.320 e. The summed E-state index contributed by atoms with van der Waals surface area (Å²) in [7, 11) is 0. The molecular formula is C10H21Cl2N3O2S. The summed E-state index contributed by atoms with van der Waals surface area (Å²) in [5, 5.41) is 9.16. The Morgan fingerprint density at radius 1 is 1.44 bits per heavy atom. The van der Waals surface area contributed by atoms with Gasteiger partial charge in [-0.15, -0.1) is 24.8 Å². The lowest BCUT2D eigenvalue weighted by Gasteiger charge is -2.04. The van der Waals surface area contributed by atoms with E-state index in [4.69, 9.17) is 16.6 Å². The molecule has 1 aliphatic rings. The summed E-state index contributed by atoms with van der Waals surface area (Å²) in [6, 6.07) is -0.782. The number of carboxylic acid groups (broad SMARTS) is 1. The molecule has 8 heteroatoms. The highest BCUT2D eigenvalue weighted by Crippen LogP contribution is 2.32. The number of carbonyl (C=O) groups is 1. The predicted molar refractivity (Wildman–Crippen MR) is 81.0 cm³/mol. The molecule has 0 amide bonds. The van der Waals surface area contributed by atoms with Crippen LogP contribution in [0.5, 0.6) is 0 Å². The third kappa shape index (κ3) is 9.82. The fraction of sp³-hybridized carbons (Fsp3) is 0.800. The highest BCUT2D eigenvalue weighted by molar-refractivity contribution is 8.13. The molecule has 0 aromatic carbocycles. The SMILES string of the molecule is Cl.Cl.NC(=NCCC[C@H](N)C(=O)O)SCC1CC1. The standard InChI is InChI=1S/C10H19N3O2S.2ClH/c11-8(9(14)15)2-1-5-13-10(12)16-6-7-3-4-7;;/h7-8H,1-6,11H2,(H2,12,13)(H,14,15);2*1H/t8-;;/m0../s1. The molecule has 1 atom stereocenters. The van der Waals surface area contributed by atoms with Crippen molar-refractivity contribution in [1.82, 2.24) is 0 Å². The number of aliphatic imine (C=N–C) groups is 1. The van der Waals surface area contributed by atoms with Crippen LogP contribution in [-0.2, 0) is 4.79 Å². The molecule has 108 valence electrons. The van der Waals surface area contributed by atoms with Crippen LogP contribution < -0.4 is 11.5 Å². The topological polar surface area (TPSA) is 102 Å². The molecule has 0 aliphatic heterocycles. The van der Waals surface area contributed by atoms with Gasteiger partial charge in [-0.2, -0.15) is 0 Å². The van der Waals surface area contributed by atoms with Crippen molar-refractivity contribution < 1.29 is 9.90 Å². The minimum Gasteiger partial charge on any atom is -0.480 e. The van der Waals surface area contributed by atoms with E-state index in [1.165, 1.54) is 12.8 Å². The van der Waals surface area contributed by atoms with Crippen molar-refractivity contribution in [2.24, 2.45) is 22.4 Å². The van der Waals surface area contributed by atoms with Gasteiger partial charge < -0.3 is 16.6 Å². The number of hydrogen-bond donors (Lipinski definition) is 3. The minimum atomic E-state index is -0.958. The Kier molecular flexibility index (Phi) is 12.0. The number of nitrogens with zero attached hydrogens (tertiary/aromatic N) is 1. The summed E-state index contributed by atoms with van der Waals surface area (Å²) >= 11 is 1.59. The number of halogens is 2. The first-order chi connectivity index (χ1) is 7.59. The van der Waals surface area contributed by atoms with Gasteiger partial charge in [0.25, 0.3) is 0 Å². The van der Waals surface area contributed by atoms with E-state index in [2.05, 4.69) is 4.99 Å². The normalized spacial score (nSPS) is 16.4. The second-order valence-electron chi connectivity index (χ2n) is 4.06. The van der Waals surface area contributed by atoms with Crippen LogP contribution in [0.4, 0.5) is 0 Å². The Morgan fingerprint density at radius 2 is 2.06 bits per heavy atom. The van der Waals surface area contributed by atoms with Gasteiger partial charge in [0, 0.05) is 12.3 Å². The Labute approximate surface area is 124 Å². The average Bonchev–Trinajstić information content (AvgIpc) is 3.04. The van der Waals surface area contributed by atoms with Gasteiger partial charge in [0.05, 0.1) is 0 Å². The number of aliphatic carboxylic acids is 1. The fourth-order valence-corrected chi connectivity index (χ4v) is 2.08. The third-order valence-corrected chi connectivity index (χ3v) is 3.48. The lowest BCUT2D eigenvalue weighted by atomic mass is 10.2. The van der Waals surface area contributed by atoms with Gasteiger partial charge in [0.2, 0.25) is 0 Å². The number of hydrogen-bond acceptors (Lipinski definition) is 4. The van der Waals surface area contributed by atoms with E-state index in [0.29, 0.717) is 24.6 Å². The predicted octanol–water partition coefficient (Wildman–Crippen LogP) is 1.48. The Hall–Kier alpha value is -0.170. The van der Waals surface area contributed by atoms with Crippen LogP contribution in [0.3, 0.4) is 0 Å². The number of rotatable bonds is 7. The van der Waals surface area contributed by atoms with E-state index < -0.39 is 12.0 Å². The van der Waals surface area contributed by atoms with Crippen molar-refractivity contribution in [2.45, 2.75) is 31.7 Å². The lowest BCUT2D eigenvalue weighted by Crippen LogP contribution is -2.30. The quantitative estimate of drug-likeness (QED) is 0.375. The van der Waals surface area contributed by atoms with Gasteiger partial charge >= 0.3 is 5.97 Å². The number of thioether (sulfide) groups is 1. The van der Waals surface area contributed by atoms with Crippen LogP contribution in [0.15, 0.2) is 4.99 Å². The lowest BCUT2D eigenvalue weighted by molar-refractivity contribution is -0.138. The molecule has 5 N–H and O–H groups in total. The average molecular weight is 318 g/mol. The summed E-state index contributed by atoms with van der Waals surface area (Å²) in [5.41, 5.74) is 11.0. The fourth-order valence-electron chi connectivity index (χ4n) is 1.16. The molecule has 0 aromatic heterocycles. The van der Waals surface area contributed by atoms with Crippen molar-refractivity contribution in [3.05, 3.63) is 0 Å². The Bertz CT molecular complexity index is 276. The van der Waals surface area contributed by atoms with Gasteiger partial charge in [0.15, 0.2) is 5.17 Å². The first-order valence-corrected chi connectivity index (χ1v) is 6.49. The number of nitrogens with two attached hydrogens (primary N) is 2. The molecule has 18 heavy (non-hydrogen) atoms. The maximum atomic E-state index is 10.4. The van der Waals surface area contributed by atoms with Crippen LogP contribution in [-0.4, -0.2) is 34.6 Å². The molecule has 1 saturated carbocycles. The molecule has 0 spiro atoms. The van der Waals surface area contributed by atoms with E-state index in [1.807, 2.05) is 0 Å². The van der Waals surface area contributed by atoms with E-state index in [1.54, 1.807) is 11.8 Å². The molecular weight excluding hydrogens is 297 g/mol. The van der Waals surface area contributed by atoms with E-state index in [-0.39, 0.29) is 24.8 Å². The van der Waals surface area contributed by atoms with Crippen molar-refractivity contribution in [3.8, 4) is 0 Å². The summed E-state index contributed by atoms with van der Waals surface area (Å²) in [6.45, 7) is 0.560. The van der Waals surface area contributed by atoms with Crippen LogP contribution >= 0.6 is 36.6 Å². The van der Waals surface area contributed by atoms with Crippen molar-refractivity contribution >= 4 is 47.7 Å². The second kappa shape index (κ2) is 10.7. The molecule has 0 radical (unpaired) electrons. The van der Waals surface area contributed by atoms with Crippen molar-refractivity contribution in [3.63, 3.8) is 0 Å². The summed E-state index contributed by atoms with van der Waals surface area (Å²) in [6.07, 6.45) is 3.74. The largest absolute Gasteiger partial charge is 0.480 e. The van der Waals surface area contributed by atoms with E-state index >= 15 is 0 Å². The van der Waals surface area contributed by atoms with Crippen LogP contribution in [0.1, 0.15) is 25.7 Å². The van der Waals surface area contributed by atoms with Gasteiger partial charge in [-0.25, -0.2) is 0 Å². The zero-order valence-electron chi connectivity index (χ0n) is 10.1. The molecule has 0 aromatic rings. The molecule has 1 fully saturated rings. The van der Waals surface area contributed by atoms with Crippen LogP contribution in [0.25, 0.3) is 0 Å². The van der Waals surface area contributed by atoms with E-state index in [0.717, 1.165) is 11.7 Å². The Balaban J connectivity index is 0. The summed E-state index contributed by atoms with van der Waals surface area (Å²) in [5.74, 6) is 0.934. The molecule has 0 unspecified atom stereocenters. The molecule has 1 aliphatic carbocycles. The highest BCUT2D eigenvalue weighted by atomic mass is 35.5. The third-order valence-electron chi connectivity index (χ3n) is 2.42. The zero-order valence-corrected chi connectivity index (χ0v) is 12.5. The number of carboxylic acids is 1. The van der Waals surface area contributed by atoms with Crippen molar-refractivity contribution in [1.29, 1.82) is 0 Å². The molecule has 0 saturated heterocycles. The summed E-state index contributed by atoms with van der Waals surface area (Å²) < 4.78 is 0. The van der Waals surface area contributed by atoms with Crippen molar-refractivity contribution in [2.75, 3.05) is 12.3 Å². The second-order valence-corrected chi connectivity index (χ2v) is 5.10. The smallest absolute Gasteiger partial charge is 0.320 e. The first-order valence-electron chi connectivity index (χ1n) is 5.50. The van der Waals surface area contributed by atoms with Gasteiger partial charge in [-0.3, -0.25) is 9.79 Å². The van der Waals surface area contributed by atoms with Gasteiger partial charge in [-0.1, -0.05) is 11.8 Å². The number of amidine groups is 1. The monoisotopic (exact) mass is 317 g/mol. The first kappa shape index (κ1) is 20.2. The van der Waals surface area contributed by atoms with Gasteiger partial charge in [0.1, 0.15) is 6.04 Å².